The number of halogens is 1. The number of hydrogen-bond acceptors (Lipinski definition) is 4. The van der Waals surface area contributed by atoms with Crippen molar-refractivity contribution in [2.45, 2.75) is 40.2 Å². The molecule has 0 aliphatic carbocycles. The number of aryl methyl sites for hydroxylation is 1. The molecule has 34 heavy (non-hydrogen) atoms. The number of anilines is 2. The van der Waals surface area contributed by atoms with Crippen LogP contribution >= 0.6 is 11.6 Å². The first kappa shape index (κ1) is 23.4. The first-order valence-electron chi connectivity index (χ1n) is 11.1. The van der Waals surface area contributed by atoms with Crippen molar-refractivity contribution in [3.05, 3.63) is 70.9 Å². The van der Waals surface area contributed by atoms with Crippen LogP contribution in [0.4, 0.5) is 11.4 Å². The Morgan fingerprint density at radius 1 is 1.09 bits per heavy atom. The van der Waals surface area contributed by atoms with E-state index in [0.717, 1.165) is 11.1 Å². The summed E-state index contributed by atoms with van der Waals surface area (Å²) in [7, 11) is 0. The van der Waals surface area contributed by atoms with E-state index in [-0.39, 0.29) is 17.9 Å². The van der Waals surface area contributed by atoms with Crippen molar-refractivity contribution in [2.24, 2.45) is 0 Å². The molecule has 0 atom stereocenters. The highest BCUT2D eigenvalue weighted by Crippen LogP contribution is 2.30. The number of aromatic nitrogens is 3. The minimum atomic E-state index is -0.341. The molecule has 0 fully saturated rings. The summed E-state index contributed by atoms with van der Waals surface area (Å²) in [5.74, 6) is -0.467. The number of amides is 2. The summed E-state index contributed by atoms with van der Waals surface area (Å²) >= 11 is 6.35. The summed E-state index contributed by atoms with van der Waals surface area (Å²) in [5.41, 5.74) is 4.72. The number of nitrogens with one attached hydrogen (secondary N) is 2. The second-order valence-electron chi connectivity index (χ2n) is 8.34. The van der Waals surface area contributed by atoms with Gasteiger partial charge in [-0.1, -0.05) is 42.8 Å². The summed E-state index contributed by atoms with van der Waals surface area (Å²) in [5, 5.41) is 11.2. The summed E-state index contributed by atoms with van der Waals surface area (Å²) in [6.45, 7) is 7.82. The smallest absolute Gasteiger partial charge is 0.256 e. The van der Waals surface area contributed by atoms with Gasteiger partial charge in [-0.3, -0.25) is 9.59 Å². The second-order valence-corrected chi connectivity index (χ2v) is 8.75. The SMILES string of the molecule is CCC(=O)Nc1ccc(Cl)c(NC(=O)c2cc(-c3ccccc3C)nc3c2cnn3C(C)C)c1. The van der Waals surface area contributed by atoms with Crippen molar-refractivity contribution < 1.29 is 9.59 Å². The van der Waals surface area contributed by atoms with Crippen LogP contribution in [-0.2, 0) is 4.79 Å². The van der Waals surface area contributed by atoms with Crippen LogP contribution in [0.3, 0.4) is 0 Å². The van der Waals surface area contributed by atoms with Gasteiger partial charge in [0.2, 0.25) is 5.91 Å². The fraction of sp³-hybridized carbons (Fsp3) is 0.231. The van der Waals surface area contributed by atoms with Crippen LogP contribution in [0.1, 0.15) is 49.2 Å². The van der Waals surface area contributed by atoms with Crippen LogP contribution in [0.15, 0.2) is 54.7 Å². The Kier molecular flexibility index (Phi) is 6.65. The van der Waals surface area contributed by atoms with Crippen molar-refractivity contribution in [1.29, 1.82) is 0 Å². The third kappa shape index (κ3) is 4.65. The Balaban J connectivity index is 1.79. The van der Waals surface area contributed by atoms with Crippen molar-refractivity contribution in [2.75, 3.05) is 10.6 Å². The highest BCUT2D eigenvalue weighted by Gasteiger charge is 2.20. The molecule has 0 aliphatic rings. The average Bonchev–Trinajstić information content (AvgIpc) is 3.25. The first-order chi connectivity index (χ1) is 16.3. The van der Waals surface area contributed by atoms with Gasteiger partial charge in [0.1, 0.15) is 0 Å². The van der Waals surface area contributed by atoms with Crippen LogP contribution in [-0.4, -0.2) is 26.6 Å². The van der Waals surface area contributed by atoms with E-state index in [4.69, 9.17) is 16.6 Å². The Labute approximate surface area is 203 Å². The molecule has 2 amide bonds. The number of hydrogen-bond donors (Lipinski definition) is 2. The predicted octanol–water partition coefficient (Wildman–Crippen LogP) is 6.24. The third-order valence-corrected chi connectivity index (χ3v) is 5.87. The van der Waals surface area contributed by atoms with Gasteiger partial charge in [0, 0.05) is 23.7 Å². The fourth-order valence-corrected chi connectivity index (χ4v) is 3.88. The molecule has 2 aromatic heterocycles. The highest BCUT2D eigenvalue weighted by molar-refractivity contribution is 6.34. The Morgan fingerprint density at radius 3 is 2.56 bits per heavy atom. The average molecular weight is 476 g/mol. The number of rotatable bonds is 6. The number of carbonyl (C=O) groups is 2. The number of nitrogens with zero attached hydrogens (tertiary/aromatic N) is 3. The van der Waals surface area contributed by atoms with Crippen LogP contribution in [0.25, 0.3) is 22.3 Å². The molecule has 4 aromatic rings. The second kappa shape index (κ2) is 9.65. The molecule has 8 heteroatoms. The standard InChI is InChI=1S/C26H26ClN5O2/c1-5-24(33)29-17-10-11-21(27)23(12-17)31-26(34)19-13-22(18-9-7-6-8-16(18)4)30-25-20(19)14-28-32(25)15(2)3/h6-15H,5H2,1-4H3,(H,29,33)(H,31,34). The zero-order valence-electron chi connectivity index (χ0n) is 19.5. The van der Waals surface area contributed by atoms with E-state index in [1.807, 2.05) is 49.7 Å². The molecular formula is C26H26ClN5O2. The van der Waals surface area contributed by atoms with E-state index in [1.54, 1.807) is 37.4 Å². The minimum absolute atomic E-state index is 0.0707. The zero-order chi connectivity index (χ0) is 24.4. The molecule has 4 rings (SSSR count). The van der Waals surface area contributed by atoms with Crippen LogP contribution in [0.2, 0.25) is 5.02 Å². The van der Waals surface area contributed by atoms with E-state index >= 15 is 0 Å². The van der Waals surface area contributed by atoms with Gasteiger partial charge >= 0.3 is 0 Å². The molecule has 2 aromatic carbocycles. The molecular weight excluding hydrogens is 450 g/mol. The van der Waals surface area contributed by atoms with E-state index in [0.29, 0.717) is 45.1 Å². The molecule has 0 unspecified atom stereocenters. The predicted molar refractivity (Wildman–Crippen MR) is 136 cm³/mol. The lowest BCUT2D eigenvalue weighted by molar-refractivity contribution is -0.115. The quantitative estimate of drug-likeness (QED) is 0.345. The number of pyridine rings is 1. The Hall–Kier alpha value is -3.71. The molecule has 0 saturated heterocycles. The summed E-state index contributed by atoms with van der Waals surface area (Å²) in [6, 6.07) is 14.7. The van der Waals surface area contributed by atoms with Crippen molar-refractivity contribution in [3.63, 3.8) is 0 Å². The maximum atomic E-state index is 13.5. The van der Waals surface area contributed by atoms with Gasteiger partial charge in [0.25, 0.3) is 5.91 Å². The largest absolute Gasteiger partial charge is 0.326 e. The monoisotopic (exact) mass is 475 g/mol. The topological polar surface area (TPSA) is 88.9 Å². The molecule has 0 aliphatic heterocycles. The lowest BCUT2D eigenvalue weighted by Gasteiger charge is -2.13. The van der Waals surface area contributed by atoms with Crippen LogP contribution in [0.5, 0.6) is 0 Å². The molecule has 0 bridgehead atoms. The van der Waals surface area contributed by atoms with E-state index in [2.05, 4.69) is 15.7 Å². The van der Waals surface area contributed by atoms with Gasteiger partial charge in [-0.2, -0.15) is 5.10 Å². The molecule has 0 radical (unpaired) electrons. The Bertz CT molecular complexity index is 1390. The molecule has 174 valence electrons. The molecule has 2 N–H and O–H groups in total. The number of fused-ring (bicyclic) bond motifs is 1. The van der Waals surface area contributed by atoms with Gasteiger partial charge in [-0.25, -0.2) is 9.67 Å². The van der Waals surface area contributed by atoms with Gasteiger partial charge in [-0.05, 0) is 50.6 Å². The van der Waals surface area contributed by atoms with Gasteiger partial charge in [-0.15, -0.1) is 0 Å². The number of benzene rings is 2. The Morgan fingerprint density at radius 2 is 1.85 bits per heavy atom. The van der Waals surface area contributed by atoms with Crippen LogP contribution in [0, 0.1) is 6.92 Å². The molecule has 0 saturated carbocycles. The minimum Gasteiger partial charge on any atom is -0.326 e. The fourth-order valence-electron chi connectivity index (χ4n) is 3.72. The van der Waals surface area contributed by atoms with Gasteiger partial charge in [0.15, 0.2) is 5.65 Å². The maximum Gasteiger partial charge on any atom is 0.256 e. The lowest BCUT2D eigenvalue weighted by Crippen LogP contribution is -2.15. The van der Waals surface area contributed by atoms with Gasteiger partial charge in [0.05, 0.1) is 33.6 Å². The zero-order valence-corrected chi connectivity index (χ0v) is 20.3. The lowest BCUT2D eigenvalue weighted by atomic mass is 10.0. The summed E-state index contributed by atoms with van der Waals surface area (Å²) in [6.07, 6.45) is 2.01. The van der Waals surface area contributed by atoms with E-state index in [1.165, 1.54) is 0 Å². The van der Waals surface area contributed by atoms with E-state index < -0.39 is 0 Å². The van der Waals surface area contributed by atoms with Crippen LogP contribution < -0.4 is 10.6 Å². The van der Waals surface area contributed by atoms with Gasteiger partial charge < -0.3 is 10.6 Å². The normalized spacial score (nSPS) is 11.1. The maximum absolute atomic E-state index is 13.5. The molecule has 7 nitrogen and oxygen atoms in total. The number of carbonyl (C=O) groups excluding carboxylic acids is 2. The van der Waals surface area contributed by atoms with Crippen molar-refractivity contribution in [1.82, 2.24) is 14.8 Å². The summed E-state index contributed by atoms with van der Waals surface area (Å²) in [4.78, 5) is 30.1. The third-order valence-electron chi connectivity index (χ3n) is 5.54. The van der Waals surface area contributed by atoms with Crippen molar-refractivity contribution >= 4 is 45.8 Å². The highest BCUT2D eigenvalue weighted by atomic mass is 35.5. The first-order valence-corrected chi connectivity index (χ1v) is 11.5. The molecule has 0 spiro atoms. The molecule has 2 heterocycles. The summed E-state index contributed by atoms with van der Waals surface area (Å²) < 4.78 is 1.81. The van der Waals surface area contributed by atoms with Crippen molar-refractivity contribution in [3.8, 4) is 11.3 Å². The van der Waals surface area contributed by atoms with E-state index in [9.17, 15) is 9.59 Å².